The van der Waals surface area contributed by atoms with Crippen LogP contribution in [0.4, 0.5) is 0 Å². The lowest BCUT2D eigenvalue weighted by Crippen LogP contribution is -2.02. The van der Waals surface area contributed by atoms with Gasteiger partial charge >= 0.3 is 0 Å². The van der Waals surface area contributed by atoms with Gasteiger partial charge in [0.05, 0.1) is 13.3 Å². The highest BCUT2D eigenvalue weighted by Gasteiger charge is 2.13. The molecule has 2 rings (SSSR count). The molecule has 0 bridgehead atoms. The van der Waals surface area contributed by atoms with Gasteiger partial charge in [0.25, 0.3) is 0 Å². The lowest BCUT2D eigenvalue weighted by Gasteiger charge is -2.07. The van der Waals surface area contributed by atoms with Crippen molar-refractivity contribution in [3.63, 3.8) is 0 Å². The molecule has 112 valence electrons. The van der Waals surface area contributed by atoms with Crippen molar-refractivity contribution in [1.82, 2.24) is 14.9 Å². The van der Waals surface area contributed by atoms with E-state index in [1.165, 1.54) is 11.8 Å². The van der Waals surface area contributed by atoms with Crippen LogP contribution in [0.2, 0.25) is 0 Å². The maximum atomic E-state index is 5.35. The van der Waals surface area contributed by atoms with E-state index in [0.29, 0.717) is 0 Å². The van der Waals surface area contributed by atoms with Crippen molar-refractivity contribution >= 4 is 33.9 Å². The molecule has 2 aromatic rings. The molecule has 0 atom stereocenters. The quantitative estimate of drug-likeness (QED) is 0.595. The Morgan fingerprint density at radius 2 is 2.14 bits per heavy atom. The fourth-order valence-corrected chi connectivity index (χ4v) is 2.61. The van der Waals surface area contributed by atoms with E-state index >= 15 is 0 Å². The van der Waals surface area contributed by atoms with Crippen LogP contribution < -0.4 is 4.74 Å². The zero-order valence-corrected chi connectivity index (χ0v) is 14.8. The van der Waals surface area contributed by atoms with E-state index in [1.54, 1.807) is 18.0 Å². The summed E-state index contributed by atoms with van der Waals surface area (Å²) in [5.41, 5.74) is 0.891. The zero-order chi connectivity index (χ0) is 15.4. The van der Waals surface area contributed by atoms with Gasteiger partial charge in [0.1, 0.15) is 5.75 Å². The molecule has 0 aliphatic heterocycles. The van der Waals surface area contributed by atoms with Crippen molar-refractivity contribution < 1.29 is 4.74 Å². The van der Waals surface area contributed by atoms with Crippen molar-refractivity contribution in [2.24, 2.45) is 5.10 Å². The van der Waals surface area contributed by atoms with Crippen molar-refractivity contribution in [2.75, 3.05) is 13.4 Å². The smallest absolute Gasteiger partial charge is 0.211 e. The highest BCUT2D eigenvalue weighted by Crippen LogP contribution is 2.23. The minimum absolute atomic E-state index is 0.250. The van der Waals surface area contributed by atoms with E-state index in [0.717, 1.165) is 26.8 Å². The molecule has 0 N–H and O–H groups in total. The number of halogens is 1. The molecule has 7 heteroatoms. The molecule has 21 heavy (non-hydrogen) atoms. The van der Waals surface area contributed by atoms with Crippen LogP contribution in [0.15, 0.2) is 32.9 Å². The summed E-state index contributed by atoms with van der Waals surface area (Å²) < 4.78 is 8.09. The van der Waals surface area contributed by atoms with Gasteiger partial charge < -0.3 is 4.74 Å². The maximum Gasteiger partial charge on any atom is 0.211 e. The van der Waals surface area contributed by atoms with Crippen molar-refractivity contribution in [1.29, 1.82) is 0 Å². The summed E-state index contributed by atoms with van der Waals surface area (Å²) in [4.78, 5) is 0. The first-order valence-electron chi connectivity index (χ1n) is 6.44. The number of thioether (sulfide) groups is 1. The average molecular weight is 369 g/mol. The van der Waals surface area contributed by atoms with Crippen LogP contribution >= 0.6 is 27.7 Å². The van der Waals surface area contributed by atoms with Crippen LogP contribution in [-0.4, -0.2) is 34.5 Å². The molecule has 0 fully saturated rings. The molecule has 1 aromatic heterocycles. The molecular weight excluding hydrogens is 352 g/mol. The molecular formula is C14H17BrN4OS. The fourth-order valence-electron chi connectivity index (χ4n) is 1.80. The predicted molar refractivity (Wildman–Crippen MR) is 89.6 cm³/mol. The number of hydrogen-bond acceptors (Lipinski definition) is 5. The Morgan fingerprint density at radius 3 is 2.76 bits per heavy atom. The third-order valence-electron chi connectivity index (χ3n) is 2.84. The van der Waals surface area contributed by atoms with Gasteiger partial charge in [-0.1, -0.05) is 41.5 Å². The van der Waals surface area contributed by atoms with Gasteiger partial charge in [-0.05, 0) is 24.5 Å². The number of nitrogens with zero attached hydrogens (tertiary/aromatic N) is 4. The Morgan fingerprint density at radius 1 is 1.38 bits per heavy atom. The molecule has 0 aliphatic rings. The van der Waals surface area contributed by atoms with Gasteiger partial charge in [-0.3, -0.25) is 0 Å². The fraction of sp³-hybridized carbons (Fsp3) is 0.357. The lowest BCUT2D eigenvalue weighted by molar-refractivity contribution is 0.414. The Balaban J connectivity index is 2.42. The second kappa shape index (κ2) is 7.09. The summed E-state index contributed by atoms with van der Waals surface area (Å²) in [5.74, 6) is 1.86. The van der Waals surface area contributed by atoms with Crippen LogP contribution in [0.3, 0.4) is 0 Å². The number of ether oxygens (including phenoxy) is 1. The molecule has 0 aliphatic carbocycles. The van der Waals surface area contributed by atoms with Crippen LogP contribution in [0.25, 0.3) is 0 Å². The van der Waals surface area contributed by atoms with E-state index in [2.05, 4.69) is 45.1 Å². The zero-order valence-electron chi connectivity index (χ0n) is 12.4. The van der Waals surface area contributed by atoms with Crippen molar-refractivity contribution in [2.45, 2.75) is 24.9 Å². The molecule has 1 aromatic carbocycles. The number of rotatable bonds is 5. The third kappa shape index (κ3) is 3.65. The van der Waals surface area contributed by atoms with Crippen LogP contribution in [-0.2, 0) is 0 Å². The van der Waals surface area contributed by atoms with E-state index in [4.69, 9.17) is 4.74 Å². The molecule has 0 saturated carbocycles. The van der Waals surface area contributed by atoms with Crippen LogP contribution in [0.5, 0.6) is 5.75 Å². The van der Waals surface area contributed by atoms with Gasteiger partial charge in [0.15, 0.2) is 5.82 Å². The summed E-state index contributed by atoms with van der Waals surface area (Å²) in [6, 6.07) is 5.79. The van der Waals surface area contributed by atoms with Crippen molar-refractivity contribution in [3.05, 3.63) is 34.1 Å². The SMILES string of the molecule is COc1ccc(Br)cc1/C=N\n1c(SC)nnc1C(C)C. The second-order valence-corrected chi connectivity index (χ2v) is 6.33. The predicted octanol–water partition coefficient (Wildman–Crippen LogP) is 3.78. The highest BCUT2D eigenvalue weighted by atomic mass is 79.9. The van der Waals surface area contributed by atoms with Crippen LogP contribution in [0, 0.1) is 0 Å². The Bertz CT molecular complexity index is 654. The molecule has 0 saturated heterocycles. The minimum atomic E-state index is 0.250. The van der Waals surface area contributed by atoms with Gasteiger partial charge in [0.2, 0.25) is 5.16 Å². The minimum Gasteiger partial charge on any atom is -0.496 e. The summed E-state index contributed by atoms with van der Waals surface area (Å²) in [5, 5.41) is 13.6. The molecule has 0 radical (unpaired) electrons. The first-order chi connectivity index (χ1) is 10.1. The second-order valence-electron chi connectivity index (χ2n) is 4.64. The molecule has 1 heterocycles. The van der Waals surface area contributed by atoms with Crippen molar-refractivity contribution in [3.8, 4) is 5.75 Å². The van der Waals surface area contributed by atoms with Crippen LogP contribution in [0.1, 0.15) is 31.2 Å². The Hall–Kier alpha value is -1.34. The highest BCUT2D eigenvalue weighted by molar-refractivity contribution is 9.10. The largest absolute Gasteiger partial charge is 0.496 e. The van der Waals surface area contributed by atoms with Gasteiger partial charge in [-0.2, -0.15) is 9.78 Å². The summed E-state index contributed by atoms with van der Waals surface area (Å²) >= 11 is 4.97. The summed E-state index contributed by atoms with van der Waals surface area (Å²) in [7, 11) is 1.65. The van der Waals surface area contributed by atoms with Gasteiger partial charge in [-0.15, -0.1) is 10.2 Å². The van der Waals surface area contributed by atoms with E-state index < -0.39 is 0 Å². The summed E-state index contributed by atoms with van der Waals surface area (Å²) in [6.45, 7) is 4.14. The Kier molecular flexibility index (Phi) is 5.41. The molecule has 0 spiro atoms. The van der Waals surface area contributed by atoms with E-state index in [1.807, 2.05) is 24.5 Å². The lowest BCUT2D eigenvalue weighted by atomic mass is 10.2. The number of hydrogen-bond donors (Lipinski definition) is 0. The monoisotopic (exact) mass is 368 g/mol. The van der Waals surface area contributed by atoms with E-state index in [9.17, 15) is 0 Å². The van der Waals surface area contributed by atoms with E-state index in [-0.39, 0.29) is 5.92 Å². The van der Waals surface area contributed by atoms with Gasteiger partial charge in [-0.25, -0.2) is 0 Å². The number of aromatic nitrogens is 3. The first-order valence-corrected chi connectivity index (χ1v) is 8.45. The Labute approximate surface area is 136 Å². The molecule has 5 nitrogen and oxygen atoms in total. The number of benzene rings is 1. The average Bonchev–Trinajstić information content (AvgIpc) is 2.88. The normalized spacial score (nSPS) is 11.5. The topological polar surface area (TPSA) is 52.3 Å². The molecule has 0 unspecified atom stereocenters. The molecule has 0 amide bonds. The summed E-state index contributed by atoms with van der Waals surface area (Å²) in [6.07, 6.45) is 3.72. The maximum absolute atomic E-state index is 5.35. The third-order valence-corrected chi connectivity index (χ3v) is 3.95. The standard InChI is InChI=1S/C14H17BrN4OS/c1-9(2)13-17-18-14(21-4)19(13)16-8-10-7-11(15)5-6-12(10)20-3/h5-9H,1-4H3/b16-8-. The van der Waals surface area contributed by atoms with Gasteiger partial charge in [0, 0.05) is 16.0 Å². The number of methoxy groups -OCH3 is 1. The first kappa shape index (κ1) is 16.0.